The summed E-state index contributed by atoms with van der Waals surface area (Å²) in [6.07, 6.45) is 4.89. The number of ether oxygens (including phenoxy) is 1. The molecule has 0 bridgehead atoms. The summed E-state index contributed by atoms with van der Waals surface area (Å²) in [7, 11) is 1.22. The predicted octanol–water partition coefficient (Wildman–Crippen LogP) is 0.435. The highest BCUT2D eigenvalue weighted by molar-refractivity contribution is 5.84. The molecule has 0 saturated heterocycles. The molecule has 0 aromatic carbocycles. The van der Waals surface area contributed by atoms with Crippen LogP contribution in [0, 0.1) is 10.1 Å². The molecule has 0 unspecified atom stereocenters. The van der Waals surface area contributed by atoms with Crippen LogP contribution in [0.25, 0.3) is 6.20 Å². The number of nitro groups is 1. The summed E-state index contributed by atoms with van der Waals surface area (Å²) in [5.74, 6) is -0.946. The van der Waals surface area contributed by atoms with Crippen molar-refractivity contribution in [2.45, 2.75) is 0 Å². The van der Waals surface area contributed by atoms with Crippen molar-refractivity contribution in [1.29, 1.82) is 0 Å². The highest BCUT2D eigenvalue weighted by atomic mass is 16.6. The summed E-state index contributed by atoms with van der Waals surface area (Å²) in [5, 5.41) is 10.4. The van der Waals surface area contributed by atoms with Gasteiger partial charge in [-0.05, 0) is 4.92 Å². The molecule has 1 aromatic heterocycles. The highest BCUT2D eigenvalue weighted by Crippen LogP contribution is 2.07. The fourth-order valence-corrected chi connectivity index (χ4v) is 0.772. The van der Waals surface area contributed by atoms with E-state index in [-0.39, 0.29) is 5.95 Å². The number of hydrogen-bond donors (Lipinski definition) is 0. The van der Waals surface area contributed by atoms with E-state index in [0.717, 1.165) is 10.6 Å². The Hall–Kier alpha value is -2.18. The van der Waals surface area contributed by atoms with E-state index in [9.17, 15) is 14.9 Å². The molecule has 0 N–H and O–H groups in total. The molecule has 0 aliphatic carbocycles. The molecule has 0 amide bonds. The van der Waals surface area contributed by atoms with Crippen LogP contribution in [0.3, 0.4) is 0 Å². The second-order valence-corrected chi connectivity index (χ2v) is 2.23. The molecule has 7 nitrogen and oxygen atoms in total. The van der Waals surface area contributed by atoms with Crippen molar-refractivity contribution in [2.24, 2.45) is 0 Å². The van der Waals surface area contributed by atoms with Crippen LogP contribution in [0.5, 0.6) is 0 Å². The third-order valence-electron chi connectivity index (χ3n) is 1.38. The second kappa shape index (κ2) is 4.17. The lowest BCUT2D eigenvalue weighted by atomic mass is 10.6. The molecule has 0 spiro atoms. The van der Waals surface area contributed by atoms with Crippen molar-refractivity contribution < 1.29 is 14.5 Å². The van der Waals surface area contributed by atoms with E-state index in [1.54, 1.807) is 0 Å². The summed E-state index contributed by atoms with van der Waals surface area (Å²) in [6, 6.07) is 0. The molecular weight excluding hydrogens is 190 g/mol. The number of rotatable bonds is 3. The summed E-state index contributed by atoms with van der Waals surface area (Å²) < 4.78 is 5.43. The number of imidazole rings is 1. The Morgan fingerprint density at radius 1 is 1.79 bits per heavy atom. The monoisotopic (exact) mass is 197 g/mol. The minimum absolute atomic E-state index is 0.356. The first-order valence-corrected chi connectivity index (χ1v) is 3.58. The maximum Gasteiger partial charge on any atom is 0.439 e. The first-order valence-electron chi connectivity index (χ1n) is 3.58. The van der Waals surface area contributed by atoms with Crippen molar-refractivity contribution in [1.82, 2.24) is 9.55 Å². The number of aromatic nitrogens is 2. The zero-order valence-electron chi connectivity index (χ0n) is 7.28. The average Bonchev–Trinajstić information content (AvgIpc) is 2.62. The van der Waals surface area contributed by atoms with Crippen LogP contribution < -0.4 is 0 Å². The highest BCUT2D eigenvalue weighted by Gasteiger charge is 2.11. The maximum atomic E-state index is 10.7. The number of carbonyl (C=O) groups excluding carboxylic acids is 1. The Labute approximate surface area is 78.8 Å². The minimum atomic E-state index is -0.651. The largest absolute Gasteiger partial charge is 0.466 e. The number of hydrogen-bond acceptors (Lipinski definition) is 5. The summed E-state index contributed by atoms with van der Waals surface area (Å²) in [5.41, 5.74) is 0. The zero-order chi connectivity index (χ0) is 10.6. The molecule has 1 heterocycles. The maximum absolute atomic E-state index is 10.7. The molecule has 0 fully saturated rings. The van der Waals surface area contributed by atoms with Gasteiger partial charge in [-0.25, -0.2) is 9.36 Å². The zero-order valence-corrected chi connectivity index (χ0v) is 7.28. The summed E-state index contributed by atoms with van der Waals surface area (Å²) in [4.78, 5) is 23.9. The van der Waals surface area contributed by atoms with Crippen molar-refractivity contribution >= 4 is 18.1 Å². The average molecular weight is 197 g/mol. The Morgan fingerprint density at radius 2 is 2.50 bits per heavy atom. The quantitative estimate of drug-likeness (QED) is 0.303. The van der Waals surface area contributed by atoms with Crippen LogP contribution in [-0.4, -0.2) is 27.6 Å². The fraction of sp³-hybridized carbons (Fsp3) is 0.143. The number of nitrogens with zero attached hydrogens (tertiary/aromatic N) is 3. The smallest absolute Gasteiger partial charge is 0.439 e. The molecule has 0 aliphatic rings. The van der Waals surface area contributed by atoms with Gasteiger partial charge in [0.1, 0.15) is 12.4 Å². The van der Waals surface area contributed by atoms with E-state index in [1.165, 1.54) is 25.7 Å². The van der Waals surface area contributed by atoms with Gasteiger partial charge in [0.05, 0.1) is 19.4 Å². The minimum Gasteiger partial charge on any atom is -0.466 e. The van der Waals surface area contributed by atoms with Gasteiger partial charge >= 0.3 is 11.9 Å². The third kappa shape index (κ3) is 2.16. The standard InChI is InChI=1S/C7H7N3O4/c1-14-6(11)2-4-9-5-3-8-7(9)10(12)13/h2-5H,1H3/b4-2+. The molecule has 1 aromatic rings. The Balaban J connectivity index is 2.86. The van der Waals surface area contributed by atoms with Crippen LogP contribution in [0.4, 0.5) is 5.95 Å². The van der Waals surface area contributed by atoms with Gasteiger partial charge in [0.25, 0.3) is 0 Å². The van der Waals surface area contributed by atoms with E-state index in [4.69, 9.17) is 0 Å². The second-order valence-electron chi connectivity index (χ2n) is 2.23. The van der Waals surface area contributed by atoms with Gasteiger partial charge < -0.3 is 14.9 Å². The molecule has 0 saturated carbocycles. The van der Waals surface area contributed by atoms with Crippen LogP contribution in [0.2, 0.25) is 0 Å². The van der Waals surface area contributed by atoms with E-state index < -0.39 is 10.9 Å². The van der Waals surface area contributed by atoms with E-state index in [0.29, 0.717) is 0 Å². The Morgan fingerprint density at radius 3 is 3.07 bits per heavy atom. The van der Waals surface area contributed by atoms with E-state index in [2.05, 4.69) is 9.72 Å². The van der Waals surface area contributed by atoms with Crippen molar-refractivity contribution in [3.63, 3.8) is 0 Å². The summed E-state index contributed by atoms with van der Waals surface area (Å²) >= 11 is 0. The normalized spacial score (nSPS) is 10.4. The lowest BCUT2D eigenvalue weighted by molar-refractivity contribution is -0.395. The Bertz CT molecular complexity index is 382. The third-order valence-corrected chi connectivity index (χ3v) is 1.38. The van der Waals surface area contributed by atoms with Crippen LogP contribution in [0.1, 0.15) is 0 Å². The van der Waals surface area contributed by atoms with Gasteiger partial charge in [-0.2, -0.15) is 0 Å². The Kier molecular flexibility index (Phi) is 2.95. The van der Waals surface area contributed by atoms with Gasteiger partial charge in [-0.1, -0.05) is 4.98 Å². The molecule has 0 atom stereocenters. The molecule has 0 radical (unpaired) electrons. The van der Waals surface area contributed by atoms with Gasteiger partial charge in [-0.3, -0.25) is 0 Å². The van der Waals surface area contributed by atoms with Crippen molar-refractivity contribution in [3.05, 3.63) is 28.6 Å². The lowest BCUT2D eigenvalue weighted by Gasteiger charge is -1.93. The molecule has 74 valence electrons. The molecule has 1 rings (SSSR count). The topological polar surface area (TPSA) is 87.3 Å². The number of carbonyl (C=O) groups is 1. The number of methoxy groups -OCH3 is 1. The van der Waals surface area contributed by atoms with Gasteiger partial charge in [0, 0.05) is 0 Å². The van der Waals surface area contributed by atoms with E-state index in [1.807, 2.05) is 0 Å². The van der Waals surface area contributed by atoms with Gasteiger partial charge in [0.15, 0.2) is 0 Å². The predicted molar refractivity (Wildman–Crippen MR) is 46.2 cm³/mol. The number of esters is 1. The van der Waals surface area contributed by atoms with Gasteiger partial charge in [-0.15, -0.1) is 0 Å². The van der Waals surface area contributed by atoms with Crippen LogP contribution in [0.15, 0.2) is 18.5 Å². The van der Waals surface area contributed by atoms with Crippen molar-refractivity contribution in [2.75, 3.05) is 7.11 Å². The molecule has 14 heavy (non-hydrogen) atoms. The fourth-order valence-electron chi connectivity index (χ4n) is 0.772. The van der Waals surface area contributed by atoms with Crippen LogP contribution >= 0.6 is 0 Å². The molecule has 7 heteroatoms. The lowest BCUT2D eigenvalue weighted by Crippen LogP contribution is -1.99. The van der Waals surface area contributed by atoms with Crippen LogP contribution in [-0.2, 0) is 9.53 Å². The molecule has 0 aliphatic heterocycles. The summed E-state index contributed by atoms with van der Waals surface area (Å²) in [6.45, 7) is 0. The van der Waals surface area contributed by atoms with Crippen molar-refractivity contribution in [3.8, 4) is 0 Å². The first kappa shape index (κ1) is 9.90. The van der Waals surface area contributed by atoms with E-state index >= 15 is 0 Å². The first-order chi connectivity index (χ1) is 6.65. The molecular formula is C7H7N3O4. The SMILES string of the molecule is COC(=O)/C=C/n1ccnc1[N+](=O)[O-]. The van der Waals surface area contributed by atoms with Gasteiger partial charge in [0.2, 0.25) is 0 Å².